The number of rotatable bonds is 6. The second-order valence-electron chi connectivity index (χ2n) is 4.60. The molecule has 1 unspecified atom stereocenters. The average Bonchev–Trinajstić information content (AvgIpc) is 2.87. The number of hydrogen-bond acceptors (Lipinski definition) is 3. The normalized spacial score (nSPS) is 18.5. The van der Waals surface area contributed by atoms with Crippen LogP contribution in [0.2, 0.25) is 0 Å². The Hall–Kier alpha value is -1.20. The number of nitrogens with two attached hydrogens (primary N) is 1. The molecule has 0 spiro atoms. The Kier molecular flexibility index (Phi) is 5.10. The fourth-order valence-corrected chi connectivity index (χ4v) is 2.43. The van der Waals surface area contributed by atoms with Crippen molar-refractivity contribution in [3.05, 3.63) is 29.6 Å². The summed E-state index contributed by atoms with van der Waals surface area (Å²) in [6.07, 6.45) is 4.46. The van der Waals surface area contributed by atoms with E-state index >= 15 is 0 Å². The van der Waals surface area contributed by atoms with E-state index in [1.54, 1.807) is 12.1 Å². The van der Waals surface area contributed by atoms with E-state index in [4.69, 9.17) is 27.4 Å². The molecule has 0 bridgehead atoms. The number of ether oxygens (including phenoxy) is 2. The smallest absolute Gasteiger partial charge is 0.137 e. The van der Waals surface area contributed by atoms with Gasteiger partial charge < -0.3 is 15.2 Å². The lowest BCUT2D eigenvalue weighted by molar-refractivity contribution is 0.0981. The summed E-state index contributed by atoms with van der Waals surface area (Å²) in [5.74, 6) is -0.0241. The largest absolute Gasteiger partial charge is 0.493 e. The van der Waals surface area contributed by atoms with Crippen molar-refractivity contribution in [3.8, 4) is 5.75 Å². The van der Waals surface area contributed by atoms with Gasteiger partial charge in [-0.2, -0.15) is 0 Å². The van der Waals surface area contributed by atoms with E-state index in [1.165, 1.54) is 6.07 Å². The van der Waals surface area contributed by atoms with E-state index < -0.39 is 5.82 Å². The Bertz CT molecular complexity index is 447. The summed E-state index contributed by atoms with van der Waals surface area (Å²) in [5.41, 5.74) is 5.70. The first-order valence-corrected chi connectivity index (χ1v) is 6.92. The van der Waals surface area contributed by atoms with Crippen molar-refractivity contribution in [1.82, 2.24) is 0 Å². The van der Waals surface area contributed by atoms with Crippen LogP contribution in [0, 0.1) is 5.82 Å². The molecule has 2 rings (SSSR count). The Balaban J connectivity index is 1.85. The highest BCUT2D eigenvalue weighted by Crippen LogP contribution is 2.22. The predicted molar refractivity (Wildman–Crippen MR) is 76.0 cm³/mol. The summed E-state index contributed by atoms with van der Waals surface area (Å²) >= 11 is 4.84. The molecular weight excluding hydrogens is 265 g/mol. The Labute approximate surface area is 117 Å². The summed E-state index contributed by atoms with van der Waals surface area (Å²) in [5, 5.41) is 0. The van der Waals surface area contributed by atoms with Crippen LogP contribution >= 0.6 is 12.2 Å². The lowest BCUT2D eigenvalue weighted by Crippen LogP contribution is -2.15. The van der Waals surface area contributed by atoms with Crippen LogP contribution in [-0.4, -0.2) is 24.3 Å². The molecule has 1 aliphatic heterocycles. The number of benzene rings is 1. The van der Waals surface area contributed by atoms with Gasteiger partial charge in [0.15, 0.2) is 0 Å². The van der Waals surface area contributed by atoms with Crippen molar-refractivity contribution in [1.29, 1.82) is 0 Å². The highest BCUT2D eigenvalue weighted by atomic mass is 32.1. The van der Waals surface area contributed by atoms with Gasteiger partial charge in [0.25, 0.3) is 0 Å². The van der Waals surface area contributed by atoms with E-state index in [2.05, 4.69) is 0 Å². The molecule has 0 saturated carbocycles. The molecule has 5 heteroatoms. The average molecular weight is 283 g/mol. The van der Waals surface area contributed by atoms with E-state index in [1.807, 2.05) is 0 Å². The molecule has 1 heterocycles. The molecule has 1 fully saturated rings. The maximum Gasteiger partial charge on any atom is 0.137 e. The minimum absolute atomic E-state index is 0.0206. The third-order valence-electron chi connectivity index (χ3n) is 3.17. The van der Waals surface area contributed by atoms with Crippen molar-refractivity contribution in [2.45, 2.75) is 31.8 Å². The highest BCUT2D eigenvalue weighted by molar-refractivity contribution is 7.80. The number of hydrogen-bond donors (Lipinski definition) is 1. The van der Waals surface area contributed by atoms with E-state index in [-0.39, 0.29) is 10.6 Å². The topological polar surface area (TPSA) is 44.5 Å². The van der Waals surface area contributed by atoms with E-state index in [0.717, 1.165) is 32.3 Å². The van der Waals surface area contributed by atoms with Crippen LogP contribution in [0.25, 0.3) is 0 Å². The van der Waals surface area contributed by atoms with Gasteiger partial charge >= 0.3 is 0 Å². The van der Waals surface area contributed by atoms with Crippen molar-refractivity contribution >= 4 is 17.2 Å². The third-order valence-corrected chi connectivity index (χ3v) is 3.38. The second kappa shape index (κ2) is 6.82. The summed E-state index contributed by atoms with van der Waals surface area (Å²) in [4.78, 5) is 0.0206. The van der Waals surface area contributed by atoms with Gasteiger partial charge in [0, 0.05) is 6.61 Å². The molecule has 0 aromatic heterocycles. The van der Waals surface area contributed by atoms with Gasteiger partial charge in [-0.3, -0.25) is 0 Å². The van der Waals surface area contributed by atoms with Gasteiger partial charge in [-0.25, -0.2) is 4.39 Å². The molecule has 1 atom stereocenters. The van der Waals surface area contributed by atoms with Gasteiger partial charge in [0.1, 0.15) is 16.6 Å². The van der Waals surface area contributed by atoms with Crippen molar-refractivity contribution in [2.75, 3.05) is 13.2 Å². The highest BCUT2D eigenvalue weighted by Gasteiger charge is 2.15. The maximum atomic E-state index is 13.6. The first-order valence-electron chi connectivity index (χ1n) is 6.51. The monoisotopic (exact) mass is 283 g/mol. The zero-order valence-corrected chi connectivity index (χ0v) is 11.5. The van der Waals surface area contributed by atoms with Crippen molar-refractivity contribution in [2.24, 2.45) is 5.73 Å². The summed E-state index contributed by atoms with van der Waals surface area (Å²) in [6, 6.07) is 4.60. The SMILES string of the molecule is NC(=S)c1c(F)cccc1OCCCC1CCCO1. The minimum Gasteiger partial charge on any atom is -0.493 e. The van der Waals surface area contributed by atoms with E-state index in [9.17, 15) is 4.39 Å². The minimum atomic E-state index is -0.441. The molecule has 1 saturated heterocycles. The standard InChI is InChI=1S/C14H18FNO2S/c15-11-6-1-7-12(13(11)14(16)19)18-9-3-5-10-4-2-8-17-10/h1,6-7,10H,2-5,8-9H2,(H2,16,19). The van der Waals surface area contributed by atoms with Gasteiger partial charge in [0.2, 0.25) is 0 Å². The Morgan fingerprint density at radius 2 is 2.37 bits per heavy atom. The molecule has 0 radical (unpaired) electrons. The molecule has 0 aliphatic carbocycles. The van der Waals surface area contributed by atoms with E-state index in [0.29, 0.717) is 18.5 Å². The fourth-order valence-electron chi connectivity index (χ4n) is 2.23. The number of thiocarbonyl (C=S) groups is 1. The Morgan fingerprint density at radius 3 is 3.05 bits per heavy atom. The zero-order valence-electron chi connectivity index (χ0n) is 10.7. The molecule has 2 N–H and O–H groups in total. The van der Waals surface area contributed by atoms with Gasteiger partial charge in [0.05, 0.1) is 18.3 Å². The van der Waals surface area contributed by atoms with Crippen LogP contribution in [0.5, 0.6) is 5.75 Å². The zero-order chi connectivity index (χ0) is 13.7. The fraction of sp³-hybridized carbons (Fsp3) is 0.500. The van der Waals surface area contributed by atoms with Gasteiger partial charge in [-0.15, -0.1) is 0 Å². The lowest BCUT2D eigenvalue weighted by Gasteiger charge is -2.12. The lowest BCUT2D eigenvalue weighted by atomic mass is 10.1. The quantitative estimate of drug-likeness (QED) is 0.644. The van der Waals surface area contributed by atoms with Crippen LogP contribution in [0.4, 0.5) is 4.39 Å². The van der Waals surface area contributed by atoms with Crippen LogP contribution in [-0.2, 0) is 4.74 Å². The molecule has 19 heavy (non-hydrogen) atoms. The van der Waals surface area contributed by atoms with Crippen molar-refractivity contribution < 1.29 is 13.9 Å². The number of halogens is 1. The Morgan fingerprint density at radius 1 is 1.53 bits per heavy atom. The molecule has 0 amide bonds. The maximum absolute atomic E-state index is 13.6. The third kappa shape index (κ3) is 3.88. The van der Waals surface area contributed by atoms with Crippen LogP contribution in [0.15, 0.2) is 18.2 Å². The predicted octanol–water partition coefficient (Wildman–Crippen LogP) is 2.80. The molecule has 3 nitrogen and oxygen atoms in total. The first-order chi connectivity index (χ1) is 9.18. The van der Waals surface area contributed by atoms with Crippen molar-refractivity contribution in [3.63, 3.8) is 0 Å². The molecular formula is C14H18FNO2S. The molecule has 104 valence electrons. The summed E-state index contributed by atoms with van der Waals surface area (Å²) < 4.78 is 24.7. The van der Waals surface area contributed by atoms with Gasteiger partial charge in [-0.1, -0.05) is 18.3 Å². The van der Waals surface area contributed by atoms with Crippen LogP contribution < -0.4 is 10.5 Å². The van der Waals surface area contributed by atoms with Crippen LogP contribution in [0.1, 0.15) is 31.2 Å². The molecule has 1 aliphatic rings. The molecule has 1 aromatic carbocycles. The van der Waals surface area contributed by atoms with Crippen LogP contribution in [0.3, 0.4) is 0 Å². The first kappa shape index (κ1) is 14.2. The molecule has 1 aromatic rings. The summed E-state index contributed by atoms with van der Waals surface area (Å²) in [7, 11) is 0. The second-order valence-corrected chi connectivity index (χ2v) is 5.04. The summed E-state index contributed by atoms with van der Waals surface area (Å²) in [6.45, 7) is 1.37. The van der Waals surface area contributed by atoms with Gasteiger partial charge in [-0.05, 0) is 37.8 Å².